The van der Waals surface area contributed by atoms with E-state index >= 15 is 0 Å². The van der Waals surface area contributed by atoms with Crippen LogP contribution in [0.3, 0.4) is 0 Å². The molecule has 25 heavy (non-hydrogen) atoms. The number of urea groups is 1. The Morgan fingerprint density at radius 2 is 1.84 bits per heavy atom. The molecule has 132 valence electrons. The molecular formula is C17H19FN4O3. The molecule has 1 atom stereocenters. The molecule has 0 fully saturated rings. The molecular weight excluding hydrogens is 327 g/mol. The predicted molar refractivity (Wildman–Crippen MR) is 90.7 cm³/mol. The molecule has 0 aliphatic carbocycles. The Bertz CT molecular complexity index is 733. The van der Waals surface area contributed by atoms with Crippen molar-refractivity contribution in [2.75, 3.05) is 5.32 Å². The molecule has 0 saturated carbocycles. The van der Waals surface area contributed by atoms with Gasteiger partial charge in [0.15, 0.2) is 0 Å². The van der Waals surface area contributed by atoms with Crippen molar-refractivity contribution >= 4 is 17.6 Å². The first kappa shape index (κ1) is 18.2. The third kappa shape index (κ3) is 5.45. The lowest BCUT2D eigenvalue weighted by Gasteiger charge is -2.20. The predicted octanol–water partition coefficient (Wildman–Crippen LogP) is 2.64. The number of carbonyl (C=O) groups is 2. The van der Waals surface area contributed by atoms with Gasteiger partial charge in [0.2, 0.25) is 11.8 Å². The number of nitrogens with one attached hydrogen (secondary N) is 2. The molecule has 2 aromatic rings. The van der Waals surface area contributed by atoms with Gasteiger partial charge in [-0.15, -0.1) is 0 Å². The Kier molecular flexibility index (Phi) is 5.89. The molecule has 1 unspecified atom stereocenters. The van der Waals surface area contributed by atoms with E-state index in [-0.39, 0.29) is 11.7 Å². The number of nitrogens with zero attached hydrogens (tertiary/aromatic N) is 1. The van der Waals surface area contributed by atoms with Crippen LogP contribution in [-0.4, -0.2) is 23.0 Å². The molecule has 1 aromatic heterocycles. The molecule has 2 rings (SSSR count). The van der Waals surface area contributed by atoms with Gasteiger partial charge >= 0.3 is 6.03 Å². The molecule has 1 heterocycles. The number of pyridine rings is 1. The topological polar surface area (TPSA) is 106 Å². The number of hydrogen-bond acceptors (Lipinski definition) is 4. The highest BCUT2D eigenvalue weighted by molar-refractivity contribution is 5.96. The van der Waals surface area contributed by atoms with E-state index in [4.69, 9.17) is 10.5 Å². The van der Waals surface area contributed by atoms with Crippen molar-refractivity contribution in [3.63, 3.8) is 0 Å². The number of amides is 3. The van der Waals surface area contributed by atoms with Gasteiger partial charge in [0.1, 0.15) is 17.6 Å². The first-order valence-corrected chi connectivity index (χ1v) is 7.61. The summed E-state index contributed by atoms with van der Waals surface area (Å²) in [6, 6.07) is 7.16. The quantitative estimate of drug-likeness (QED) is 0.747. The van der Waals surface area contributed by atoms with E-state index in [1.165, 1.54) is 30.5 Å². The molecule has 8 heteroatoms. The normalized spacial score (nSPS) is 11.7. The van der Waals surface area contributed by atoms with Gasteiger partial charge in [-0.05, 0) is 36.2 Å². The van der Waals surface area contributed by atoms with Gasteiger partial charge in [-0.3, -0.25) is 4.79 Å². The van der Waals surface area contributed by atoms with Gasteiger partial charge in [0.05, 0.1) is 11.9 Å². The summed E-state index contributed by atoms with van der Waals surface area (Å²) in [5.41, 5.74) is 5.52. The fourth-order valence-corrected chi connectivity index (χ4v) is 2.05. The van der Waals surface area contributed by atoms with E-state index in [0.29, 0.717) is 17.3 Å². The lowest BCUT2D eigenvalue weighted by molar-refractivity contribution is -0.118. The van der Waals surface area contributed by atoms with E-state index in [0.717, 1.165) is 0 Å². The lowest BCUT2D eigenvalue weighted by Crippen LogP contribution is -2.49. The SMILES string of the molecule is CC(C)C(NC(N)=O)C(=O)Nc1ccc(Oc2ccc(F)cc2)nc1. The van der Waals surface area contributed by atoms with Crippen LogP contribution >= 0.6 is 0 Å². The van der Waals surface area contributed by atoms with Crippen molar-refractivity contribution in [3.05, 3.63) is 48.4 Å². The second-order valence-electron chi connectivity index (χ2n) is 5.66. The number of halogens is 1. The monoisotopic (exact) mass is 346 g/mol. The first-order valence-electron chi connectivity index (χ1n) is 7.61. The van der Waals surface area contributed by atoms with Crippen LogP contribution in [0.1, 0.15) is 13.8 Å². The molecule has 4 N–H and O–H groups in total. The van der Waals surface area contributed by atoms with Crippen molar-refractivity contribution in [2.45, 2.75) is 19.9 Å². The van der Waals surface area contributed by atoms with Gasteiger partial charge < -0.3 is 21.1 Å². The van der Waals surface area contributed by atoms with Crippen LogP contribution in [0, 0.1) is 11.7 Å². The van der Waals surface area contributed by atoms with Crippen molar-refractivity contribution < 1.29 is 18.7 Å². The van der Waals surface area contributed by atoms with Crippen LogP contribution in [0.4, 0.5) is 14.9 Å². The van der Waals surface area contributed by atoms with E-state index < -0.39 is 18.0 Å². The van der Waals surface area contributed by atoms with E-state index in [1.807, 2.05) is 0 Å². The van der Waals surface area contributed by atoms with E-state index in [1.54, 1.807) is 26.0 Å². The molecule has 1 aromatic carbocycles. The van der Waals surface area contributed by atoms with Crippen molar-refractivity contribution in [3.8, 4) is 11.6 Å². The van der Waals surface area contributed by atoms with Crippen LogP contribution in [0.25, 0.3) is 0 Å². The van der Waals surface area contributed by atoms with Crippen molar-refractivity contribution in [2.24, 2.45) is 11.7 Å². The number of carbonyl (C=O) groups excluding carboxylic acids is 2. The van der Waals surface area contributed by atoms with Crippen LogP contribution in [0.2, 0.25) is 0 Å². The second-order valence-corrected chi connectivity index (χ2v) is 5.66. The fourth-order valence-electron chi connectivity index (χ4n) is 2.05. The van der Waals surface area contributed by atoms with E-state index in [2.05, 4.69) is 15.6 Å². The number of primary amides is 1. The number of aromatic nitrogens is 1. The maximum Gasteiger partial charge on any atom is 0.312 e. The fraction of sp³-hybridized carbons (Fsp3) is 0.235. The van der Waals surface area contributed by atoms with Gasteiger partial charge in [0, 0.05) is 6.07 Å². The maximum atomic E-state index is 12.9. The number of ether oxygens (including phenoxy) is 1. The molecule has 0 radical (unpaired) electrons. The maximum absolute atomic E-state index is 12.9. The minimum absolute atomic E-state index is 0.137. The molecule has 7 nitrogen and oxygen atoms in total. The summed E-state index contributed by atoms with van der Waals surface area (Å²) in [6.45, 7) is 3.58. The summed E-state index contributed by atoms with van der Waals surface area (Å²) >= 11 is 0. The molecule has 0 saturated heterocycles. The average Bonchev–Trinajstić information content (AvgIpc) is 2.56. The van der Waals surface area contributed by atoms with Crippen molar-refractivity contribution in [1.29, 1.82) is 0 Å². The summed E-state index contributed by atoms with van der Waals surface area (Å²) < 4.78 is 18.3. The first-order chi connectivity index (χ1) is 11.8. The van der Waals surface area contributed by atoms with Crippen LogP contribution in [0.15, 0.2) is 42.6 Å². The Hall–Kier alpha value is -3.16. The zero-order valence-corrected chi connectivity index (χ0v) is 13.8. The largest absolute Gasteiger partial charge is 0.439 e. The van der Waals surface area contributed by atoms with Gasteiger partial charge in [-0.2, -0.15) is 0 Å². The Morgan fingerprint density at radius 1 is 1.16 bits per heavy atom. The Labute approximate surface area is 144 Å². The minimum atomic E-state index is -0.768. The minimum Gasteiger partial charge on any atom is -0.439 e. The second kappa shape index (κ2) is 8.09. The molecule has 0 bridgehead atoms. The summed E-state index contributed by atoms with van der Waals surface area (Å²) in [5, 5.41) is 5.05. The highest BCUT2D eigenvalue weighted by Gasteiger charge is 2.23. The van der Waals surface area contributed by atoms with Crippen LogP contribution in [0.5, 0.6) is 11.6 Å². The number of rotatable bonds is 6. The number of hydrogen-bond donors (Lipinski definition) is 3. The third-order valence-electron chi connectivity index (χ3n) is 3.29. The Morgan fingerprint density at radius 3 is 2.36 bits per heavy atom. The molecule has 0 aliphatic heterocycles. The lowest BCUT2D eigenvalue weighted by atomic mass is 10.0. The highest BCUT2D eigenvalue weighted by Crippen LogP contribution is 2.20. The van der Waals surface area contributed by atoms with Gasteiger partial charge in [-0.25, -0.2) is 14.2 Å². The third-order valence-corrected chi connectivity index (χ3v) is 3.29. The van der Waals surface area contributed by atoms with E-state index in [9.17, 15) is 14.0 Å². The van der Waals surface area contributed by atoms with Crippen LogP contribution in [-0.2, 0) is 4.79 Å². The van der Waals surface area contributed by atoms with Crippen molar-refractivity contribution in [1.82, 2.24) is 10.3 Å². The number of anilines is 1. The smallest absolute Gasteiger partial charge is 0.312 e. The standard InChI is InChI=1S/C17H19FN4O3/c1-10(2)15(22-17(19)24)16(23)21-12-5-8-14(20-9-12)25-13-6-3-11(18)4-7-13/h3-10,15H,1-2H3,(H,21,23)(H3,19,22,24). The highest BCUT2D eigenvalue weighted by atomic mass is 19.1. The average molecular weight is 346 g/mol. The number of benzene rings is 1. The van der Waals surface area contributed by atoms with Crippen LogP contribution < -0.4 is 21.1 Å². The summed E-state index contributed by atoms with van der Waals surface area (Å²) in [5.74, 6) is -0.163. The summed E-state index contributed by atoms with van der Waals surface area (Å²) in [4.78, 5) is 27.3. The number of nitrogens with two attached hydrogens (primary N) is 1. The molecule has 0 aliphatic rings. The van der Waals surface area contributed by atoms with Gasteiger partial charge in [-0.1, -0.05) is 13.8 Å². The molecule has 0 spiro atoms. The summed E-state index contributed by atoms with van der Waals surface area (Å²) in [6.07, 6.45) is 1.42. The summed E-state index contributed by atoms with van der Waals surface area (Å²) in [7, 11) is 0. The molecule has 3 amide bonds. The zero-order chi connectivity index (χ0) is 18.4. The Balaban J connectivity index is 2.00. The zero-order valence-electron chi connectivity index (χ0n) is 13.8. The van der Waals surface area contributed by atoms with Gasteiger partial charge in [0.25, 0.3) is 0 Å².